The molecule has 0 saturated carbocycles. The molecule has 0 amide bonds. The molecule has 48 heavy (non-hydrogen) atoms. The average molecular weight is 631 g/mol. The summed E-state index contributed by atoms with van der Waals surface area (Å²) in [6, 6.07) is 34.8. The van der Waals surface area contributed by atoms with E-state index in [4.69, 9.17) is 18.9 Å². The van der Waals surface area contributed by atoms with Crippen LogP contribution in [0.4, 0.5) is 0 Å². The van der Waals surface area contributed by atoms with Gasteiger partial charge in [0.25, 0.3) is 0 Å². The van der Waals surface area contributed by atoms with Gasteiger partial charge in [-0.15, -0.1) is 0 Å². The fourth-order valence-electron chi connectivity index (χ4n) is 6.79. The Bertz CT molecular complexity index is 2460. The molecule has 0 aliphatic carbocycles. The zero-order chi connectivity index (χ0) is 32.9. The van der Waals surface area contributed by atoms with Crippen molar-refractivity contribution in [3.8, 4) is 51.6 Å². The smallest absolute Gasteiger partial charge is 0.119 e. The quantitative estimate of drug-likeness (QED) is 0.175. The number of nitriles is 1. The number of methoxy groups -OCH3 is 4. The van der Waals surface area contributed by atoms with Crippen molar-refractivity contribution in [3.63, 3.8) is 0 Å². The molecule has 3 aromatic heterocycles. The van der Waals surface area contributed by atoms with Gasteiger partial charge in [0.1, 0.15) is 23.0 Å². The molecule has 0 aliphatic heterocycles. The summed E-state index contributed by atoms with van der Waals surface area (Å²) in [5.41, 5.74) is 7.86. The van der Waals surface area contributed by atoms with Crippen LogP contribution in [0.2, 0.25) is 0 Å². The van der Waals surface area contributed by atoms with Crippen LogP contribution in [0, 0.1) is 11.3 Å². The van der Waals surface area contributed by atoms with Gasteiger partial charge in [-0.2, -0.15) is 5.26 Å². The number of hydrogen-bond acceptors (Lipinski definition) is 6. The Morgan fingerprint density at radius 2 is 0.875 bits per heavy atom. The summed E-state index contributed by atoms with van der Waals surface area (Å²) in [7, 11) is 6.68. The van der Waals surface area contributed by atoms with E-state index in [2.05, 4.69) is 62.7 Å². The van der Waals surface area contributed by atoms with Crippen LogP contribution in [0.1, 0.15) is 5.56 Å². The van der Waals surface area contributed by atoms with Gasteiger partial charge in [0.15, 0.2) is 0 Å². The van der Waals surface area contributed by atoms with Crippen LogP contribution in [0.15, 0.2) is 109 Å². The van der Waals surface area contributed by atoms with E-state index in [1.807, 2.05) is 54.6 Å². The molecule has 0 fully saturated rings. The first-order valence-corrected chi connectivity index (χ1v) is 15.4. The summed E-state index contributed by atoms with van der Waals surface area (Å²) in [6.07, 6.45) is 3.49. The Morgan fingerprint density at radius 1 is 0.500 bits per heavy atom. The second-order valence-corrected chi connectivity index (χ2v) is 11.4. The Morgan fingerprint density at radius 3 is 1.23 bits per heavy atom. The minimum Gasteiger partial charge on any atom is -0.497 e. The molecular formula is C40H30N4O4. The van der Waals surface area contributed by atoms with Crippen molar-refractivity contribution in [2.24, 2.45) is 0 Å². The predicted octanol–water partition coefficient (Wildman–Crippen LogP) is 8.85. The Kier molecular flexibility index (Phi) is 6.89. The SMILES string of the molecule is COc1ccc2c(c1)c1cc(OC)ccc1n2-c1cc(C#N)c(-c2ccncc2)cc1-n1c2ccc(OC)cc2c2cc(OC)ccc21. The van der Waals surface area contributed by atoms with E-state index in [0.717, 1.165) is 89.1 Å². The van der Waals surface area contributed by atoms with E-state index in [0.29, 0.717) is 5.56 Å². The highest BCUT2D eigenvalue weighted by Crippen LogP contribution is 2.43. The Labute approximate surface area is 276 Å². The highest BCUT2D eigenvalue weighted by atomic mass is 16.5. The Hall–Kier alpha value is -6.46. The lowest BCUT2D eigenvalue weighted by Crippen LogP contribution is -2.05. The van der Waals surface area contributed by atoms with Gasteiger partial charge < -0.3 is 28.1 Å². The first-order chi connectivity index (χ1) is 23.6. The molecule has 234 valence electrons. The lowest BCUT2D eigenvalue weighted by atomic mass is 9.99. The average Bonchev–Trinajstić information content (AvgIpc) is 3.65. The summed E-state index contributed by atoms with van der Waals surface area (Å²) in [4.78, 5) is 4.23. The van der Waals surface area contributed by atoms with Crippen LogP contribution in [0.5, 0.6) is 23.0 Å². The zero-order valence-electron chi connectivity index (χ0n) is 26.8. The lowest BCUT2D eigenvalue weighted by molar-refractivity contribution is 0.415. The van der Waals surface area contributed by atoms with Gasteiger partial charge in [0.2, 0.25) is 0 Å². The summed E-state index contributed by atoms with van der Waals surface area (Å²) in [5, 5.41) is 14.6. The number of benzene rings is 5. The number of nitrogens with zero attached hydrogens (tertiary/aromatic N) is 4. The van der Waals surface area contributed by atoms with Crippen LogP contribution in [0.3, 0.4) is 0 Å². The summed E-state index contributed by atoms with van der Waals surface area (Å²) < 4.78 is 27.1. The van der Waals surface area contributed by atoms with E-state index in [1.165, 1.54) is 0 Å². The highest BCUT2D eigenvalue weighted by molar-refractivity contribution is 6.12. The van der Waals surface area contributed by atoms with Crippen LogP contribution in [0.25, 0.3) is 66.1 Å². The second-order valence-electron chi connectivity index (χ2n) is 11.4. The number of rotatable bonds is 7. The molecule has 0 bridgehead atoms. The molecule has 8 nitrogen and oxygen atoms in total. The molecule has 3 heterocycles. The monoisotopic (exact) mass is 630 g/mol. The van der Waals surface area contributed by atoms with Crippen LogP contribution in [-0.4, -0.2) is 42.6 Å². The third kappa shape index (κ3) is 4.40. The highest BCUT2D eigenvalue weighted by Gasteiger charge is 2.23. The number of ether oxygens (including phenoxy) is 4. The van der Waals surface area contributed by atoms with Crippen molar-refractivity contribution < 1.29 is 18.9 Å². The van der Waals surface area contributed by atoms with Crippen LogP contribution >= 0.6 is 0 Å². The fourth-order valence-corrected chi connectivity index (χ4v) is 6.79. The van der Waals surface area contributed by atoms with Crippen LogP contribution < -0.4 is 18.9 Å². The summed E-state index contributed by atoms with van der Waals surface area (Å²) in [6.45, 7) is 0. The van der Waals surface area contributed by atoms with Crippen molar-refractivity contribution in [2.75, 3.05) is 28.4 Å². The van der Waals surface area contributed by atoms with E-state index < -0.39 is 0 Å². The normalized spacial score (nSPS) is 11.3. The standard InChI is InChI=1S/C40H30N4O4/c1-45-26-5-9-35-31(18-26)32-19-27(46-2)6-10-36(32)43(35)39-17-25(23-41)30(24-13-15-42-16-14-24)22-40(39)44-37-11-7-28(47-3)20-33(37)34-21-29(48-4)8-12-38(34)44/h5-22H,1-4H3. The number of hydrogen-bond donors (Lipinski definition) is 0. The number of pyridine rings is 1. The summed E-state index contributed by atoms with van der Waals surface area (Å²) in [5.74, 6) is 3.01. The predicted molar refractivity (Wildman–Crippen MR) is 189 cm³/mol. The minimum atomic E-state index is 0.543. The minimum absolute atomic E-state index is 0.543. The maximum atomic E-state index is 10.6. The molecule has 5 aromatic carbocycles. The first-order valence-electron chi connectivity index (χ1n) is 15.4. The number of fused-ring (bicyclic) bond motifs is 6. The number of aromatic nitrogens is 3. The topological polar surface area (TPSA) is 83.5 Å². The van der Waals surface area contributed by atoms with Gasteiger partial charge in [0, 0.05) is 39.5 Å². The van der Waals surface area contributed by atoms with Crippen molar-refractivity contribution in [1.82, 2.24) is 14.1 Å². The van der Waals surface area contributed by atoms with Crippen molar-refractivity contribution in [1.29, 1.82) is 5.26 Å². The Balaban J connectivity index is 1.57. The van der Waals surface area contributed by atoms with Gasteiger partial charge in [-0.05, 0) is 103 Å². The molecule has 8 rings (SSSR count). The molecule has 8 aromatic rings. The lowest BCUT2D eigenvalue weighted by Gasteiger charge is -2.19. The van der Waals surface area contributed by atoms with Crippen molar-refractivity contribution >= 4 is 43.6 Å². The van der Waals surface area contributed by atoms with E-state index >= 15 is 0 Å². The third-order valence-electron chi connectivity index (χ3n) is 9.07. The fraction of sp³-hybridized carbons (Fsp3) is 0.100. The largest absolute Gasteiger partial charge is 0.497 e. The first kappa shape index (κ1) is 29.0. The van der Waals surface area contributed by atoms with E-state index in [9.17, 15) is 5.26 Å². The van der Waals surface area contributed by atoms with Crippen molar-refractivity contribution in [3.05, 3.63) is 115 Å². The molecule has 0 atom stereocenters. The van der Waals surface area contributed by atoms with Crippen molar-refractivity contribution in [2.45, 2.75) is 0 Å². The van der Waals surface area contributed by atoms with Gasteiger partial charge in [-0.25, -0.2) is 0 Å². The van der Waals surface area contributed by atoms with Gasteiger partial charge >= 0.3 is 0 Å². The molecule has 0 N–H and O–H groups in total. The molecule has 0 unspecified atom stereocenters. The van der Waals surface area contributed by atoms with E-state index in [1.54, 1.807) is 40.8 Å². The third-order valence-corrected chi connectivity index (χ3v) is 9.07. The molecule has 0 saturated heterocycles. The zero-order valence-corrected chi connectivity index (χ0v) is 26.8. The van der Waals surface area contributed by atoms with Gasteiger partial charge in [0.05, 0.1) is 73.5 Å². The molecule has 0 radical (unpaired) electrons. The second kappa shape index (κ2) is 11.4. The maximum Gasteiger partial charge on any atom is 0.119 e. The maximum absolute atomic E-state index is 10.6. The van der Waals surface area contributed by atoms with Crippen LogP contribution in [-0.2, 0) is 0 Å². The summed E-state index contributed by atoms with van der Waals surface area (Å²) >= 11 is 0. The van der Waals surface area contributed by atoms with Gasteiger partial charge in [-0.3, -0.25) is 4.98 Å². The molecule has 0 aliphatic rings. The van der Waals surface area contributed by atoms with Gasteiger partial charge in [-0.1, -0.05) is 0 Å². The molecule has 8 heteroatoms. The van der Waals surface area contributed by atoms with E-state index in [-0.39, 0.29) is 0 Å². The molecule has 0 spiro atoms. The molecular weight excluding hydrogens is 600 g/mol.